The van der Waals surface area contributed by atoms with Crippen LogP contribution >= 0.6 is 11.6 Å². The molecule has 5 heteroatoms. The number of halogens is 1. The second kappa shape index (κ2) is 7.45. The lowest BCUT2D eigenvalue weighted by atomic mass is 9.95. The summed E-state index contributed by atoms with van der Waals surface area (Å²) in [6.07, 6.45) is 8.21. The minimum absolute atomic E-state index is 0.542. The van der Waals surface area contributed by atoms with Crippen LogP contribution in [0.5, 0.6) is 0 Å². The van der Waals surface area contributed by atoms with E-state index in [1.165, 1.54) is 32.1 Å². The van der Waals surface area contributed by atoms with Crippen molar-refractivity contribution in [3.63, 3.8) is 0 Å². The highest BCUT2D eigenvalue weighted by Crippen LogP contribution is 2.21. The van der Waals surface area contributed by atoms with Gasteiger partial charge < -0.3 is 10.6 Å². The van der Waals surface area contributed by atoms with Crippen LogP contribution in [0.15, 0.2) is 36.5 Å². The predicted molar refractivity (Wildman–Crippen MR) is 91.3 cm³/mol. The summed E-state index contributed by atoms with van der Waals surface area (Å²) in [5, 5.41) is 7.50. The van der Waals surface area contributed by atoms with Crippen LogP contribution < -0.4 is 10.6 Å². The SMILES string of the molecule is Clc1ccccc1CNc1nccc(NC2CCCCC2)n1. The molecule has 0 saturated heterocycles. The Morgan fingerprint density at radius 1 is 1.09 bits per heavy atom. The number of nitrogens with zero attached hydrogens (tertiary/aromatic N) is 2. The highest BCUT2D eigenvalue weighted by molar-refractivity contribution is 6.31. The maximum Gasteiger partial charge on any atom is 0.224 e. The second-order valence-electron chi connectivity index (χ2n) is 5.69. The number of benzene rings is 1. The van der Waals surface area contributed by atoms with E-state index in [1.807, 2.05) is 30.3 Å². The summed E-state index contributed by atoms with van der Waals surface area (Å²) < 4.78 is 0. The third-order valence-electron chi connectivity index (χ3n) is 4.01. The summed E-state index contributed by atoms with van der Waals surface area (Å²) in [5.74, 6) is 1.52. The van der Waals surface area contributed by atoms with Crippen molar-refractivity contribution in [2.75, 3.05) is 10.6 Å². The summed E-state index contributed by atoms with van der Waals surface area (Å²) in [7, 11) is 0. The van der Waals surface area contributed by atoms with Crippen LogP contribution in [0.3, 0.4) is 0 Å². The number of hydrogen-bond donors (Lipinski definition) is 2. The molecule has 1 aliphatic rings. The van der Waals surface area contributed by atoms with Gasteiger partial charge in [-0.25, -0.2) is 4.98 Å². The Labute approximate surface area is 136 Å². The molecule has 1 saturated carbocycles. The van der Waals surface area contributed by atoms with Crippen molar-refractivity contribution >= 4 is 23.4 Å². The first-order valence-electron chi connectivity index (χ1n) is 7.88. The molecular weight excluding hydrogens is 296 g/mol. The van der Waals surface area contributed by atoms with E-state index in [2.05, 4.69) is 20.6 Å². The van der Waals surface area contributed by atoms with Crippen LogP contribution in [-0.2, 0) is 6.54 Å². The fourth-order valence-electron chi connectivity index (χ4n) is 2.80. The van der Waals surface area contributed by atoms with Crippen molar-refractivity contribution in [3.8, 4) is 0 Å². The highest BCUT2D eigenvalue weighted by atomic mass is 35.5. The summed E-state index contributed by atoms with van der Waals surface area (Å²) in [6.45, 7) is 0.618. The van der Waals surface area contributed by atoms with Gasteiger partial charge in [0.2, 0.25) is 5.95 Å². The average Bonchev–Trinajstić information content (AvgIpc) is 2.55. The van der Waals surface area contributed by atoms with E-state index in [4.69, 9.17) is 11.6 Å². The standard InChI is InChI=1S/C17H21ClN4/c18-15-9-5-4-6-13(15)12-20-17-19-11-10-16(22-17)21-14-7-2-1-3-8-14/h4-6,9-11,14H,1-3,7-8,12H2,(H2,19,20,21,22). The van der Waals surface area contributed by atoms with Crippen molar-refractivity contribution in [1.82, 2.24) is 9.97 Å². The van der Waals surface area contributed by atoms with Gasteiger partial charge in [0.15, 0.2) is 0 Å². The molecule has 3 rings (SSSR count). The minimum Gasteiger partial charge on any atom is -0.367 e. The normalized spacial score (nSPS) is 15.5. The Kier molecular flexibility index (Phi) is 5.11. The number of nitrogens with one attached hydrogen (secondary N) is 2. The van der Waals surface area contributed by atoms with Crippen LogP contribution in [0.4, 0.5) is 11.8 Å². The molecule has 0 amide bonds. The maximum atomic E-state index is 6.16. The molecule has 0 bridgehead atoms. The molecule has 22 heavy (non-hydrogen) atoms. The van der Waals surface area contributed by atoms with Gasteiger partial charge >= 0.3 is 0 Å². The molecule has 1 heterocycles. The molecule has 1 aromatic carbocycles. The van der Waals surface area contributed by atoms with Gasteiger partial charge in [-0.2, -0.15) is 4.98 Å². The molecule has 2 aromatic rings. The molecule has 1 aliphatic carbocycles. The highest BCUT2D eigenvalue weighted by Gasteiger charge is 2.13. The molecule has 0 radical (unpaired) electrons. The van der Waals surface area contributed by atoms with E-state index in [-0.39, 0.29) is 0 Å². The zero-order valence-electron chi connectivity index (χ0n) is 12.6. The first kappa shape index (κ1) is 15.1. The van der Waals surface area contributed by atoms with Crippen molar-refractivity contribution in [2.45, 2.75) is 44.7 Å². The van der Waals surface area contributed by atoms with Crippen LogP contribution in [0.2, 0.25) is 5.02 Å². The first-order chi connectivity index (χ1) is 10.8. The van der Waals surface area contributed by atoms with E-state index in [0.29, 0.717) is 18.5 Å². The molecule has 0 aliphatic heterocycles. The molecule has 2 N–H and O–H groups in total. The lowest BCUT2D eigenvalue weighted by Gasteiger charge is -2.23. The molecule has 0 unspecified atom stereocenters. The molecule has 0 spiro atoms. The van der Waals surface area contributed by atoms with Gasteiger partial charge in [-0.3, -0.25) is 0 Å². The summed E-state index contributed by atoms with van der Waals surface area (Å²) in [4.78, 5) is 8.81. The van der Waals surface area contributed by atoms with Crippen LogP contribution in [0.25, 0.3) is 0 Å². The molecule has 0 atom stereocenters. The quantitative estimate of drug-likeness (QED) is 0.853. The fourth-order valence-corrected chi connectivity index (χ4v) is 3.00. The van der Waals surface area contributed by atoms with Gasteiger partial charge in [0.05, 0.1) is 0 Å². The Morgan fingerprint density at radius 3 is 2.73 bits per heavy atom. The van der Waals surface area contributed by atoms with Gasteiger partial charge in [0.1, 0.15) is 5.82 Å². The average molecular weight is 317 g/mol. The van der Waals surface area contributed by atoms with Crippen molar-refractivity contribution in [2.24, 2.45) is 0 Å². The zero-order valence-corrected chi connectivity index (χ0v) is 13.3. The number of hydrogen-bond acceptors (Lipinski definition) is 4. The van der Waals surface area contributed by atoms with E-state index < -0.39 is 0 Å². The third kappa shape index (κ3) is 4.10. The third-order valence-corrected chi connectivity index (χ3v) is 4.38. The fraction of sp³-hybridized carbons (Fsp3) is 0.412. The van der Waals surface area contributed by atoms with E-state index in [0.717, 1.165) is 16.4 Å². The second-order valence-corrected chi connectivity index (χ2v) is 6.10. The number of rotatable bonds is 5. The van der Waals surface area contributed by atoms with E-state index >= 15 is 0 Å². The Morgan fingerprint density at radius 2 is 1.91 bits per heavy atom. The molecule has 4 nitrogen and oxygen atoms in total. The van der Waals surface area contributed by atoms with E-state index in [9.17, 15) is 0 Å². The zero-order chi connectivity index (χ0) is 15.2. The Hall–Kier alpha value is -1.81. The van der Waals surface area contributed by atoms with Crippen LogP contribution in [-0.4, -0.2) is 16.0 Å². The Balaban J connectivity index is 1.60. The van der Waals surface area contributed by atoms with Gasteiger partial charge in [-0.15, -0.1) is 0 Å². The van der Waals surface area contributed by atoms with Gasteiger partial charge in [0, 0.05) is 23.8 Å². The smallest absolute Gasteiger partial charge is 0.224 e. The maximum absolute atomic E-state index is 6.16. The summed E-state index contributed by atoms with van der Waals surface area (Å²) in [5.41, 5.74) is 1.04. The predicted octanol–water partition coefficient (Wildman–Crippen LogP) is 4.49. The van der Waals surface area contributed by atoms with Crippen molar-refractivity contribution < 1.29 is 0 Å². The van der Waals surface area contributed by atoms with Crippen LogP contribution in [0.1, 0.15) is 37.7 Å². The Bertz CT molecular complexity index is 611. The number of anilines is 2. The topological polar surface area (TPSA) is 49.8 Å². The molecule has 1 fully saturated rings. The van der Waals surface area contributed by atoms with E-state index in [1.54, 1.807) is 6.20 Å². The van der Waals surface area contributed by atoms with Crippen molar-refractivity contribution in [3.05, 3.63) is 47.1 Å². The molecule has 1 aromatic heterocycles. The van der Waals surface area contributed by atoms with Crippen molar-refractivity contribution in [1.29, 1.82) is 0 Å². The first-order valence-corrected chi connectivity index (χ1v) is 8.26. The minimum atomic E-state index is 0.542. The molecular formula is C17H21ClN4. The van der Waals surface area contributed by atoms with Gasteiger partial charge in [0.25, 0.3) is 0 Å². The largest absolute Gasteiger partial charge is 0.367 e. The summed E-state index contributed by atoms with van der Waals surface area (Å²) in [6, 6.07) is 10.3. The summed E-state index contributed by atoms with van der Waals surface area (Å²) >= 11 is 6.16. The van der Waals surface area contributed by atoms with Gasteiger partial charge in [-0.05, 0) is 30.5 Å². The lowest BCUT2D eigenvalue weighted by molar-refractivity contribution is 0.462. The number of aromatic nitrogens is 2. The lowest BCUT2D eigenvalue weighted by Crippen LogP contribution is -2.23. The molecule has 116 valence electrons. The van der Waals surface area contributed by atoms with Gasteiger partial charge in [-0.1, -0.05) is 49.1 Å². The van der Waals surface area contributed by atoms with Crippen LogP contribution in [0, 0.1) is 0 Å². The monoisotopic (exact) mass is 316 g/mol.